The second-order valence-electron chi connectivity index (χ2n) is 15.6. The first-order valence-electron chi connectivity index (χ1n) is 20.6. The van der Waals surface area contributed by atoms with Gasteiger partial charge in [0.05, 0.1) is 56.1 Å². The van der Waals surface area contributed by atoms with Gasteiger partial charge in [0.2, 0.25) is 0 Å². The van der Waals surface area contributed by atoms with E-state index in [0.29, 0.717) is 45.0 Å². The molecule has 0 unspecified atom stereocenters. The third kappa shape index (κ3) is 5.27. The number of fused-ring (bicyclic) bond motifs is 12. The topological polar surface area (TPSA) is 102 Å². The Labute approximate surface area is 364 Å². The Kier molecular flexibility index (Phi) is 8.49. The van der Waals surface area contributed by atoms with Crippen LogP contribution in [0.3, 0.4) is 0 Å². The third-order valence-corrected chi connectivity index (χ3v) is 12.6. The summed E-state index contributed by atoms with van der Waals surface area (Å²) in [6.45, 7) is 0. The zero-order valence-electron chi connectivity index (χ0n) is 33.7. The summed E-state index contributed by atoms with van der Waals surface area (Å²) in [7, 11) is 0. The molecule has 6 heteroatoms. The molecule has 9 aromatic rings. The molecule has 0 aliphatic heterocycles. The molecular weight excluding hydrogens is 769 g/mol. The van der Waals surface area contributed by atoms with Gasteiger partial charge in [-0.3, -0.25) is 0 Å². The molecule has 0 heterocycles. The molecule has 0 fully saturated rings. The molecule has 0 saturated carbocycles. The van der Waals surface area contributed by atoms with E-state index in [1.165, 1.54) is 0 Å². The number of para-hydroxylation sites is 4. The first-order chi connectivity index (χ1) is 31.1. The van der Waals surface area contributed by atoms with Crippen LogP contribution in [0.4, 0.5) is 34.1 Å². The average Bonchev–Trinajstić information content (AvgIpc) is 3.82. The normalized spacial score (nSPS) is 12.2. The standard InChI is InChI=1S/C57H32N6/c58-33-37-15-1-11-25-51(37)62(52-26-12-2-16-38(52)34-59)41-29-30-46-49(31-41)57(47-23-9-7-19-42(47)43-20-8-10-24-48(43)57)50-32-55(44-21-5-6-22-45(44)56(46)50)63(53-27-13-3-17-39(53)35-60)54-28-14-4-18-40(54)36-61/h1-32H. The summed E-state index contributed by atoms with van der Waals surface area (Å²) in [6.07, 6.45) is 0. The number of nitrogens with zero attached hydrogens (tertiary/aromatic N) is 6. The fraction of sp³-hybridized carbons (Fsp3) is 0.0175. The molecular formula is C57H32N6. The van der Waals surface area contributed by atoms with E-state index in [1.54, 1.807) is 12.1 Å². The van der Waals surface area contributed by atoms with Crippen molar-refractivity contribution in [3.05, 3.63) is 239 Å². The van der Waals surface area contributed by atoms with Crippen molar-refractivity contribution in [2.75, 3.05) is 9.80 Å². The molecule has 11 rings (SSSR count). The van der Waals surface area contributed by atoms with Gasteiger partial charge in [0, 0.05) is 11.1 Å². The highest BCUT2D eigenvalue weighted by molar-refractivity contribution is 6.12. The molecule has 0 aromatic heterocycles. The van der Waals surface area contributed by atoms with Crippen molar-refractivity contribution >= 4 is 44.9 Å². The van der Waals surface area contributed by atoms with Crippen LogP contribution in [0, 0.1) is 45.3 Å². The Hall–Kier alpha value is -9.20. The maximum absolute atomic E-state index is 10.6. The first kappa shape index (κ1) is 36.8. The molecule has 0 N–H and O–H groups in total. The molecule has 290 valence electrons. The highest BCUT2D eigenvalue weighted by atomic mass is 15.2. The van der Waals surface area contributed by atoms with Crippen LogP contribution in [0.25, 0.3) is 33.0 Å². The lowest BCUT2D eigenvalue weighted by Gasteiger charge is -2.34. The average molecular weight is 801 g/mol. The highest BCUT2D eigenvalue weighted by Gasteiger charge is 2.53. The van der Waals surface area contributed by atoms with E-state index in [9.17, 15) is 21.0 Å². The van der Waals surface area contributed by atoms with Crippen LogP contribution in [-0.2, 0) is 5.41 Å². The molecule has 0 radical (unpaired) electrons. The van der Waals surface area contributed by atoms with E-state index in [1.807, 2.05) is 95.9 Å². The van der Waals surface area contributed by atoms with Crippen molar-refractivity contribution in [2.45, 2.75) is 5.41 Å². The van der Waals surface area contributed by atoms with Gasteiger partial charge in [0.25, 0.3) is 0 Å². The van der Waals surface area contributed by atoms with Crippen molar-refractivity contribution < 1.29 is 0 Å². The monoisotopic (exact) mass is 800 g/mol. The van der Waals surface area contributed by atoms with Gasteiger partial charge in [0.15, 0.2) is 0 Å². The van der Waals surface area contributed by atoms with Gasteiger partial charge in [-0.05, 0) is 117 Å². The van der Waals surface area contributed by atoms with Crippen molar-refractivity contribution in [2.24, 2.45) is 0 Å². The van der Waals surface area contributed by atoms with Crippen LogP contribution in [0.2, 0.25) is 0 Å². The lowest BCUT2D eigenvalue weighted by molar-refractivity contribution is 0.794. The molecule has 2 aliphatic rings. The summed E-state index contributed by atoms with van der Waals surface area (Å²) in [5, 5.41) is 44.1. The maximum Gasteiger partial charge on any atom is 0.101 e. The lowest BCUT2D eigenvalue weighted by atomic mass is 9.70. The van der Waals surface area contributed by atoms with E-state index < -0.39 is 5.41 Å². The predicted molar refractivity (Wildman–Crippen MR) is 248 cm³/mol. The van der Waals surface area contributed by atoms with Crippen molar-refractivity contribution in [3.8, 4) is 46.5 Å². The zero-order valence-corrected chi connectivity index (χ0v) is 33.7. The van der Waals surface area contributed by atoms with Crippen molar-refractivity contribution in [1.82, 2.24) is 0 Å². The SMILES string of the molecule is N#Cc1ccccc1N(c1ccc2c(c1)C1(c3ccccc3-c3ccccc31)c1cc(N(c3ccccc3C#N)c3ccccc3C#N)c3ccccc3c1-2)c1ccccc1C#N. The smallest absolute Gasteiger partial charge is 0.101 e. The summed E-state index contributed by atoms with van der Waals surface area (Å²) in [4.78, 5) is 4.11. The Bertz CT molecular complexity index is 3400. The van der Waals surface area contributed by atoms with E-state index in [4.69, 9.17) is 0 Å². The second kappa shape index (κ2) is 14.5. The fourth-order valence-electron chi connectivity index (χ4n) is 10.1. The van der Waals surface area contributed by atoms with Gasteiger partial charge in [-0.15, -0.1) is 0 Å². The van der Waals surface area contributed by atoms with Crippen LogP contribution in [0.5, 0.6) is 0 Å². The van der Waals surface area contributed by atoms with Gasteiger partial charge < -0.3 is 9.80 Å². The summed E-state index contributed by atoms with van der Waals surface area (Å²) < 4.78 is 0. The Morgan fingerprint density at radius 3 is 1.22 bits per heavy atom. The van der Waals surface area contributed by atoms with Gasteiger partial charge in [0.1, 0.15) is 24.3 Å². The second-order valence-corrected chi connectivity index (χ2v) is 15.6. The minimum Gasteiger partial charge on any atom is -0.308 e. The van der Waals surface area contributed by atoms with Crippen LogP contribution < -0.4 is 9.80 Å². The van der Waals surface area contributed by atoms with Crippen LogP contribution >= 0.6 is 0 Å². The van der Waals surface area contributed by atoms with E-state index in [2.05, 4.69) is 120 Å². The minimum atomic E-state index is -0.836. The van der Waals surface area contributed by atoms with E-state index in [0.717, 1.165) is 66.7 Å². The lowest BCUT2D eigenvalue weighted by Crippen LogP contribution is -2.27. The molecule has 2 aliphatic carbocycles. The van der Waals surface area contributed by atoms with Crippen molar-refractivity contribution in [3.63, 3.8) is 0 Å². The Morgan fingerprint density at radius 2 is 0.730 bits per heavy atom. The molecule has 63 heavy (non-hydrogen) atoms. The van der Waals surface area contributed by atoms with E-state index in [-0.39, 0.29) is 0 Å². The molecule has 6 nitrogen and oxygen atoms in total. The fourth-order valence-corrected chi connectivity index (χ4v) is 10.1. The number of hydrogen-bond donors (Lipinski definition) is 0. The summed E-state index contributed by atoms with van der Waals surface area (Å²) >= 11 is 0. The molecule has 0 atom stereocenters. The first-order valence-corrected chi connectivity index (χ1v) is 20.6. The number of anilines is 6. The molecule has 9 aromatic carbocycles. The van der Waals surface area contributed by atoms with Crippen LogP contribution in [0.15, 0.2) is 194 Å². The molecule has 0 saturated heterocycles. The summed E-state index contributed by atoms with van der Waals surface area (Å²) in [5.74, 6) is 0. The zero-order chi connectivity index (χ0) is 42.7. The van der Waals surface area contributed by atoms with Gasteiger partial charge in [-0.25, -0.2) is 0 Å². The predicted octanol–water partition coefficient (Wildman–Crippen LogP) is 13.6. The van der Waals surface area contributed by atoms with Gasteiger partial charge in [-0.2, -0.15) is 21.0 Å². The quantitative estimate of drug-likeness (QED) is 0.166. The maximum atomic E-state index is 10.6. The summed E-state index contributed by atoms with van der Waals surface area (Å²) in [6, 6.07) is 74.2. The summed E-state index contributed by atoms with van der Waals surface area (Å²) in [5.41, 5.74) is 14.2. The number of nitriles is 4. The highest BCUT2D eigenvalue weighted by Crippen LogP contribution is 2.65. The largest absolute Gasteiger partial charge is 0.308 e. The van der Waals surface area contributed by atoms with Crippen molar-refractivity contribution in [1.29, 1.82) is 21.0 Å². The number of rotatable bonds is 6. The number of hydrogen-bond acceptors (Lipinski definition) is 6. The van der Waals surface area contributed by atoms with Crippen LogP contribution in [0.1, 0.15) is 44.5 Å². The number of benzene rings is 9. The Balaban J connectivity index is 1.29. The van der Waals surface area contributed by atoms with Gasteiger partial charge >= 0.3 is 0 Å². The molecule has 1 spiro atoms. The van der Waals surface area contributed by atoms with Gasteiger partial charge in [-0.1, -0.05) is 127 Å². The molecule has 0 amide bonds. The van der Waals surface area contributed by atoms with E-state index >= 15 is 0 Å². The molecule has 0 bridgehead atoms. The Morgan fingerprint density at radius 1 is 0.317 bits per heavy atom. The van der Waals surface area contributed by atoms with Crippen LogP contribution in [-0.4, -0.2) is 0 Å². The minimum absolute atomic E-state index is 0.476. The third-order valence-electron chi connectivity index (χ3n) is 12.6.